The fourth-order valence-corrected chi connectivity index (χ4v) is 3.49. The number of nitrogens with one attached hydrogen (secondary N) is 1. The highest BCUT2D eigenvalue weighted by Gasteiger charge is 2.27. The first-order chi connectivity index (χ1) is 12.3. The highest BCUT2D eigenvalue weighted by Crippen LogP contribution is 2.29. The molecule has 2 aromatic heterocycles. The zero-order valence-corrected chi connectivity index (χ0v) is 13.8. The summed E-state index contributed by atoms with van der Waals surface area (Å²) in [4.78, 5) is 25.0. The number of hydrogen-bond donors (Lipinski definition) is 1. The molecule has 0 fully saturated rings. The summed E-state index contributed by atoms with van der Waals surface area (Å²) in [6.07, 6.45) is 1.53. The van der Waals surface area contributed by atoms with Crippen LogP contribution in [0.15, 0.2) is 60.8 Å². The predicted molar refractivity (Wildman–Crippen MR) is 96.3 cm³/mol. The number of carbonyl (C=O) groups is 1. The van der Waals surface area contributed by atoms with Crippen LogP contribution in [0, 0.1) is 11.3 Å². The molecule has 120 valence electrons. The maximum Gasteiger partial charge on any atom is 0.199 e. The van der Waals surface area contributed by atoms with Gasteiger partial charge in [0.15, 0.2) is 11.7 Å². The van der Waals surface area contributed by atoms with E-state index in [2.05, 4.69) is 21.0 Å². The van der Waals surface area contributed by atoms with Crippen molar-refractivity contribution in [2.75, 3.05) is 0 Å². The van der Waals surface area contributed by atoms with E-state index in [-0.39, 0.29) is 5.78 Å². The summed E-state index contributed by atoms with van der Waals surface area (Å²) in [5.74, 6) is -0.902. The summed E-state index contributed by atoms with van der Waals surface area (Å²) in [5.41, 5.74) is 2.49. The van der Waals surface area contributed by atoms with Crippen molar-refractivity contribution in [2.24, 2.45) is 0 Å². The van der Waals surface area contributed by atoms with Crippen molar-refractivity contribution in [2.45, 2.75) is 5.92 Å². The number of fused-ring (bicyclic) bond motifs is 1. The minimum Gasteiger partial charge on any atom is -0.340 e. The van der Waals surface area contributed by atoms with Gasteiger partial charge in [-0.25, -0.2) is 9.97 Å². The molecule has 0 bridgehead atoms. The average Bonchev–Trinajstić information content (AvgIpc) is 3.30. The smallest absolute Gasteiger partial charge is 0.199 e. The molecule has 1 atom stereocenters. The van der Waals surface area contributed by atoms with Gasteiger partial charge in [-0.05, 0) is 12.1 Å². The van der Waals surface area contributed by atoms with Crippen LogP contribution >= 0.6 is 11.3 Å². The fraction of sp³-hybridized carbons (Fsp3) is 0.0526. The molecule has 0 aliphatic heterocycles. The van der Waals surface area contributed by atoms with Crippen LogP contribution in [0.5, 0.6) is 0 Å². The second-order valence-electron chi connectivity index (χ2n) is 5.46. The normalized spacial score (nSPS) is 12.0. The molecule has 0 aliphatic rings. The van der Waals surface area contributed by atoms with Gasteiger partial charge in [0.1, 0.15) is 10.8 Å². The van der Waals surface area contributed by atoms with Crippen molar-refractivity contribution < 1.29 is 4.79 Å². The molecular weight excluding hydrogens is 332 g/mol. The summed E-state index contributed by atoms with van der Waals surface area (Å²) in [6, 6.07) is 19.2. The highest BCUT2D eigenvalue weighted by molar-refractivity contribution is 7.17. The number of imidazole rings is 1. The maximum absolute atomic E-state index is 12.8. The Labute approximate surface area is 147 Å². The highest BCUT2D eigenvalue weighted by atomic mass is 32.1. The van der Waals surface area contributed by atoms with Gasteiger partial charge in [-0.15, -0.1) is 11.3 Å². The monoisotopic (exact) mass is 344 g/mol. The number of para-hydroxylation sites is 2. The standard InChI is InChI=1S/C19H12N4OS/c20-10-13(18-22-14-8-4-5-9-15(14)23-18)17(24)16-11-21-19(25-16)12-6-2-1-3-7-12/h1-9,11,13H,(H,22,23)/t13-/m0/s1. The molecule has 2 heterocycles. The lowest BCUT2D eigenvalue weighted by Gasteiger charge is -2.02. The summed E-state index contributed by atoms with van der Waals surface area (Å²) in [7, 11) is 0. The van der Waals surface area contributed by atoms with Crippen LogP contribution in [-0.2, 0) is 0 Å². The van der Waals surface area contributed by atoms with E-state index < -0.39 is 5.92 Å². The van der Waals surface area contributed by atoms with Crippen LogP contribution in [0.4, 0.5) is 0 Å². The van der Waals surface area contributed by atoms with Crippen molar-refractivity contribution in [3.63, 3.8) is 0 Å². The molecular formula is C19H12N4OS. The Bertz CT molecular complexity index is 1060. The Hall–Kier alpha value is -3.30. The molecule has 0 saturated heterocycles. The third-order valence-corrected chi connectivity index (χ3v) is 4.90. The molecule has 6 heteroatoms. The van der Waals surface area contributed by atoms with Crippen LogP contribution in [-0.4, -0.2) is 20.7 Å². The van der Waals surface area contributed by atoms with E-state index in [1.165, 1.54) is 17.5 Å². The van der Waals surface area contributed by atoms with Crippen molar-refractivity contribution in [1.82, 2.24) is 15.0 Å². The number of nitrogens with zero attached hydrogens (tertiary/aromatic N) is 3. The van der Waals surface area contributed by atoms with E-state index in [1.807, 2.05) is 54.6 Å². The summed E-state index contributed by atoms with van der Waals surface area (Å²) in [6.45, 7) is 0. The molecule has 25 heavy (non-hydrogen) atoms. The Morgan fingerprint density at radius 3 is 2.64 bits per heavy atom. The van der Waals surface area contributed by atoms with E-state index in [9.17, 15) is 10.1 Å². The van der Waals surface area contributed by atoms with Crippen LogP contribution in [0.2, 0.25) is 0 Å². The van der Waals surface area contributed by atoms with E-state index >= 15 is 0 Å². The van der Waals surface area contributed by atoms with Gasteiger partial charge in [-0.2, -0.15) is 5.26 Å². The summed E-state index contributed by atoms with van der Waals surface area (Å²) >= 11 is 1.29. The van der Waals surface area contributed by atoms with Gasteiger partial charge in [-0.3, -0.25) is 4.79 Å². The van der Waals surface area contributed by atoms with E-state index in [0.29, 0.717) is 10.7 Å². The minimum absolute atomic E-state index is 0.291. The van der Waals surface area contributed by atoms with Gasteiger partial charge in [0.25, 0.3) is 0 Å². The Balaban J connectivity index is 1.67. The quantitative estimate of drug-likeness (QED) is 0.563. The van der Waals surface area contributed by atoms with Crippen LogP contribution in [0.1, 0.15) is 21.4 Å². The van der Waals surface area contributed by atoms with Crippen LogP contribution in [0.3, 0.4) is 0 Å². The molecule has 2 aromatic carbocycles. The lowest BCUT2D eigenvalue weighted by Crippen LogP contribution is -2.11. The Morgan fingerprint density at radius 1 is 1.12 bits per heavy atom. The second kappa shape index (κ2) is 6.30. The third-order valence-electron chi connectivity index (χ3n) is 3.84. The number of benzene rings is 2. The number of thiazole rings is 1. The number of hydrogen-bond acceptors (Lipinski definition) is 5. The zero-order valence-electron chi connectivity index (χ0n) is 13.0. The Morgan fingerprint density at radius 2 is 1.88 bits per heavy atom. The van der Waals surface area contributed by atoms with E-state index in [1.54, 1.807) is 0 Å². The lowest BCUT2D eigenvalue weighted by molar-refractivity contribution is 0.0980. The Kier molecular flexibility index (Phi) is 3.84. The first-order valence-electron chi connectivity index (χ1n) is 7.66. The zero-order chi connectivity index (χ0) is 17.2. The number of Topliss-reactive ketones (excluding diaryl/α,β-unsaturated/α-hetero) is 1. The molecule has 0 spiro atoms. The largest absolute Gasteiger partial charge is 0.340 e. The van der Waals surface area contributed by atoms with Crippen molar-refractivity contribution in [1.29, 1.82) is 5.26 Å². The van der Waals surface area contributed by atoms with Gasteiger partial charge in [-0.1, -0.05) is 42.5 Å². The molecule has 4 aromatic rings. The number of rotatable bonds is 4. The molecule has 0 saturated carbocycles. The first kappa shape index (κ1) is 15.2. The van der Waals surface area contributed by atoms with Gasteiger partial charge in [0.05, 0.1) is 22.0 Å². The molecule has 0 aliphatic carbocycles. The van der Waals surface area contributed by atoms with Gasteiger partial charge < -0.3 is 4.98 Å². The van der Waals surface area contributed by atoms with Gasteiger partial charge >= 0.3 is 0 Å². The number of aromatic nitrogens is 3. The van der Waals surface area contributed by atoms with E-state index in [4.69, 9.17) is 0 Å². The predicted octanol–water partition coefficient (Wildman–Crippen LogP) is 4.18. The summed E-state index contributed by atoms with van der Waals surface area (Å²) in [5, 5.41) is 10.3. The molecule has 0 amide bonds. The number of H-pyrrole nitrogens is 1. The number of carbonyl (C=O) groups excluding carboxylic acids is 1. The molecule has 4 rings (SSSR count). The SMILES string of the molecule is N#C[C@@H](C(=O)c1cnc(-c2ccccc2)s1)c1nc2ccccc2[nH]1. The molecule has 0 unspecified atom stereocenters. The van der Waals surface area contributed by atoms with Crippen molar-refractivity contribution >= 4 is 28.2 Å². The number of aromatic amines is 1. The van der Waals surface area contributed by atoms with Crippen LogP contribution in [0.25, 0.3) is 21.6 Å². The van der Waals surface area contributed by atoms with E-state index in [0.717, 1.165) is 21.6 Å². The third kappa shape index (κ3) is 2.82. The molecule has 1 N–H and O–H groups in total. The average molecular weight is 344 g/mol. The minimum atomic E-state index is -0.975. The van der Waals surface area contributed by atoms with Crippen molar-refractivity contribution in [3.8, 4) is 16.6 Å². The van der Waals surface area contributed by atoms with Gasteiger partial charge in [0.2, 0.25) is 0 Å². The second-order valence-corrected chi connectivity index (χ2v) is 6.49. The maximum atomic E-state index is 12.8. The van der Waals surface area contributed by atoms with Crippen molar-refractivity contribution in [3.05, 3.63) is 71.5 Å². The number of ketones is 1. The molecule has 0 radical (unpaired) electrons. The van der Waals surface area contributed by atoms with Gasteiger partial charge in [0, 0.05) is 11.8 Å². The first-order valence-corrected chi connectivity index (χ1v) is 8.47. The summed E-state index contributed by atoms with van der Waals surface area (Å²) < 4.78 is 0. The van der Waals surface area contributed by atoms with Crippen LogP contribution < -0.4 is 0 Å². The topological polar surface area (TPSA) is 82.4 Å². The number of nitriles is 1. The lowest BCUT2D eigenvalue weighted by atomic mass is 10.0. The fourth-order valence-electron chi connectivity index (χ4n) is 2.60. The molecule has 5 nitrogen and oxygen atoms in total.